The molecule has 2 aliphatic heterocycles. The zero-order valence-electron chi connectivity index (χ0n) is 18.4. The van der Waals surface area contributed by atoms with Crippen LogP contribution in [-0.4, -0.2) is 16.1 Å². The van der Waals surface area contributed by atoms with Crippen molar-refractivity contribution < 1.29 is 47.7 Å². The van der Waals surface area contributed by atoms with Crippen molar-refractivity contribution >= 4 is 28.3 Å². The SMILES string of the molecule is C[Si]1(C2[C]([Hf+2][C]3=Cc4ccccc4C3[Si]3(C)CCC3)=Cc3ccccc32)CCC1.[Cl-].[Cl-]. The Labute approximate surface area is 213 Å². The standard InChI is InChI=1S/2C13H15Si.2ClH.Hf/c2*1-14(9-4-10-14)13-8-7-11-5-2-3-6-12(11)13;;;/h2*2-3,5-7,13H,4,9-10H2,1H3;2*1H;/q;;;;+2/p-2. The summed E-state index contributed by atoms with van der Waals surface area (Å²) in [5.41, 5.74) is 8.28. The second-order valence-electron chi connectivity index (χ2n) is 10.5. The summed E-state index contributed by atoms with van der Waals surface area (Å²) in [6.07, 6.45) is 8.35. The van der Waals surface area contributed by atoms with Crippen LogP contribution in [0.2, 0.25) is 37.3 Å². The van der Waals surface area contributed by atoms with Gasteiger partial charge in [0.15, 0.2) is 0 Å². The zero-order valence-corrected chi connectivity index (χ0v) is 25.5. The molecule has 31 heavy (non-hydrogen) atoms. The maximum Gasteiger partial charge on any atom is -1.00 e. The van der Waals surface area contributed by atoms with Crippen LogP contribution in [0.15, 0.2) is 55.2 Å². The van der Waals surface area contributed by atoms with Gasteiger partial charge in [-0.3, -0.25) is 0 Å². The maximum absolute atomic E-state index is 2.72. The second kappa shape index (κ2) is 8.87. The first-order valence-corrected chi connectivity index (χ1v) is 21.0. The van der Waals surface area contributed by atoms with Gasteiger partial charge in [-0.25, -0.2) is 0 Å². The van der Waals surface area contributed by atoms with E-state index in [1.807, 2.05) is 6.66 Å². The van der Waals surface area contributed by atoms with Gasteiger partial charge in [0.2, 0.25) is 0 Å². The van der Waals surface area contributed by atoms with Crippen molar-refractivity contribution in [1.29, 1.82) is 0 Å². The van der Waals surface area contributed by atoms with Crippen LogP contribution in [-0.2, 0) is 22.9 Å². The molecule has 2 aromatic rings. The molecule has 0 aromatic heterocycles. The number of hydrogen-bond donors (Lipinski definition) is 0. The molecule has 6 rings (SSSR count). The Bertz CT molecular complexity index is 969. The number of hydrogen-bond acceptors (Lipinski definition) is 0. The average molecular weight is 648 g/mol. The molecular formula is C26H30Cl2HfSi2. The molecule has 2 heterocycles. The molecule has 4 aliphatic rings. The van der Waals surface area contributed by atoms with E-state index < -0.39 is 39.1 Å². The Morgan fingerprint density at radius 2 is 1.03 bits per heavy atom. The molecule has 0 bridgehead atoms. The summed E-state index contributed by atoms with van der Waals surface area (Å²) in [5.74, 6) is 0. The molecule has 5 heteroatoms. The molecule has 0 spiro atoms. The second-order valence-corrected chi connectivity index (χ2v) is 25.3. The van der Waals surface area contributed by atoms with Gasteiger partial charge < -0.3 is 24.8 Å². The van der Waals surface area contributed by atoms with Gasteiger partial charge in [-0.15, -0.1) is 0 Å². The van der Waals surface area contributed by atoms with Crippen molar-refractivity contribution in [3.8, 4) is 0 Å². The summed E-state index contributed by atoms with van der Waals surface area (Å²) < 4.78 is 3.92. The predicted octanol–water partition coefficient (Wildman–Crippen LogP) is 1.40. The summed E-state index contributed by atoms with van der Waals surface area (Å²) in [7, 11) is -2.26. The van der Waals surface area contributed by atoms with Gasteiger partial charge >= 0.3 is 190 Å². The Kier molecular flexibility index (Phi) is 6.85. The van der Waals surface area contributed by atoms with Crippen molar-refractivity contribution in [2.45, 2.75) is 61.2 Å². The van der Waals surface area contributed by atoms with Crippen LogP contribution in [0, 0.1) is 0 Å². The van der Waals surface area contributed by atoms with Crippen LogP contribution >= 0.6 is 0 Å². The summed E-state index contributed by atoms with van der Waals surface area (Å²) in [5, 5.41) is 0. The predicted molar refractivity (Wildman–Crippen MR) is 126 cm³/mol. The molecule has 0 N–H and O–H groups in total. The molecule has 2 aromatic carbocycles. The van der Waals surface area contributed by atoms with Crippen LogP contribution < -0.4 is 24.8 Å². The number of halogens is 2. The van der Waals surface area contributed by atoms with E-state index in [1.165, 1.54) is 12.8 Å². The number of rotatable bonds is 4. The van der Waals surface area contributed by atoms with Crippen LogP contribution in [0.25, 0.3) is 12.2 Å². The first-order chi connectivity index (χ1) is 14.1. The van der Waals surface area contributed by atoms with Gasteiger partial charge in [0.1, 0.15) is 0 Å². The van der Waals surface area contributed by atoms with Crippen LogP contribution in [0.3, 0.4) is 0 Å². The molecule has 2 unspecified atom stereocenters. The number of benzene rings is 2. The van der Waals surface area contributed by atoms with E-state index in [4.69, 9.17) is 0 Å². The smallest absolute Gasteiger partial charge is 1.00 e. The van der Waals surface area contributed by atoms with Gasteiger partial charge in [0, 0.05) is 0 Å². The minimum absolute atomic E-state index is 0. The van der Waals surface area contributed by atoms with Gasteiger partial charge in [0.05, 0.1) is 0 Å². The molecule has 2 fully saturated rings. The normalized spacial score (nSPS) is 25.9. The van der Waals surface area contributed by atoms with Crippen molar-refractivity contribution in [2.75, 3.05) is 0 Å². The van der Waals surface area contributed by atoms with Crippen LogP contribution in [0.1, 0.15) is 46.2 Å². The van der Waals surface area contributed by atoms with Crippen LogP contribution in [0.5, 0.6) is 0 Å². The summed E-state index contributed by atoms with van der Waals surface area (Å²) in [6, 6.07) is 25.1. The first kappa shape index (κ1) is 23.9. The van der Waals surface area contributed by atoms with E-state index in [9.17, 15) is 0 Å². The Hall–Kier alpha value is -0.196. The Morgan fingerprint density at radius 3 is 1.39 bits per heavy atom. The summed E-state index contributed by atoms with van der Waals surface area (Å²) >= 11 is -1.02. The van der Waals surface area contributed by atoms with Crippen molar-refractivity contribution in [3.63, 3.8) is 0 Å². The van der Waals surface area contributed by atoms with E-state index in [-0.39, 0.29) is 24.8 Å². The Balaban J connectivity index is 0.00000116. The molecule has 2 atom stereocenters. The van der Waals surface area contributed by atoms with E-state index in [2.05, 4.69) is 73.8 Å². The van der Waals surface area contributed by atoms with E-state index in [0.29, 0.717) is 0 Å². The summed E-state index contributed by atoms with van der Waals surface area (Å²) in [6.45, 7) is 5.44. The van der Waals surface area contributed by atoms with Crippen molar-refractivity contribution in [3.05, 3.63) is 77.4 Å². The fourth-order valence-corrected chi connectivity index (χ4v) is 28.0. The van der Waals surface area contributed by atoms with Gasteiger partial charge in [-0.05, 0) is 0 Å². The summed E-state index contributed by atoms with van der Waals surface area (Å²) in [4.78, 5) is 0. The topological polar surface area (TPSA) is 0 Å². The molecule has 160 valence electrons. The molecule has 0 radical (unpaired) electrons. The molecule has 0 nitrogen and oxygen atoms in total. The quantitative estimate of drug-likeness (QED) is 0.441. The fourth-order valence-electron chi connectivity index (χ4n) is 6.58. The third kappa shape index (κ3) is 3.81. The minimum atomic E-state index is -1.13. The first-order valence-electron chi connectivity index (χ1n) is 11.5. The van der Waals surface area contributed by atoms with Crippen molar-refractivity contribution in [2.24, 2.45) is 0 Å². The third-order valence-corrected chi connectivity index (χ3v) is 25.8. The number of allylic oxidation sites excluding steroid dienone is 2. The third-order valence-electron chi connectivity index (χ3n) is 8.53. The zero-order chi connectivity index (χ0) is 19.6. The van der Waals surface area contributed by atoms with Gasteiger partial charge in [-0.1, -0.05) is 0 Å². The van der Waals surface area contributed by atoms with Gasteiger partial charge in [-0.2, -0.15) is 0 Å². The largest absolute Gasteiger partial charge is 1.00 e. The van der Waals surface area contributed by atoms with E-state index in [0.717, 1.165) is 11.1 Å². The van der Waals surface area contributed by atoms with E-state index in [1.54, 1.807) is 46.4 Å². The van der Waals surface area contributed by atoms with Crippen molar-refractivity contribution in [1.82, 2.24) is 0 Å². The molecule has 2 aliphatic carbocycles. The molecular weight excluding hydrogens is 618 g/mol. The average Bonchev–Trinajstić information content (AvgIpc) is 3.22. The molecule has 0 saturated carbocycles. The maximum atomic E-state index is 2.72. The minimum Gasteiger partial charge on any atom is -1.00 e. The number of fused-ring (bicyclic) bond motifs is 2. The van der Waals surface area contributed by atoms with E-state index >= 15 is 0 Å². The van der Waals surface area contributed by atoms with Gasteiger partial charge in [0.25, 0.3) is 0 Å². The Morgan fingerprint density at radius 1 is 0.645 bits per heavy atom. The van der Waals surface area contributed by atoms with Crippen LogP contribution in [0.4, 0.5) is 0 Å². The monoisotopic (exact) mass is 648 g/mol. The fraction of sp³-hybridized carbons (Fsp3) is 0.385. The molecule has 2 saturated heterocycles. The molecule has 0 amide bonds.